The highest BCUT2D eigenvalue weighted by Gasteiger charge is 2.08. The summed E-state index contributed by atoms with van der Waals surface area (Å²) in [5.74, 6) is 0.891. The van der Waals surface area contributed by atoms with Crippen LogP contribution in [-0.4, -0.2) is 26.2 Å². The molecule has 0 aliphatic rings. The van der Waals surface area contributed by atoms with E-state index in [4.69, 9.17) is 4.74 Å². The van der Waals surface area contributed by atoms with Gasteiger partial charge in [-0.05, 0) is 30.8 Å². The van der Waals surface area contributed by atoms with Crippen LogP contribution in [0.1, 0.15) is 12.6 Å². The van der Waals surface area contributed by atoms with Gasteiger partial charge in [0.1, 0.15) is 5.75 Å². The van der Waals surface area contributed by atoms with E-state index in [0.29, 0.717) is 18.2 Å². The maximum atomic E-state index is 11.5. The summed E-state index contributed by atoms with van der Waals surface area (Å²) < 4.78 is 28.7. The van der Waals surface area contributed by atoms with E-state index in [9.17, 15) is 8.42 Å². The summed E-state index contributed by atoms with van der Waals surface area (Å²) in [6.07, 6.45) is 1.17. The lowest BCUT2D eigenvalue weighted by atomic mass is 10.3. The zero-order valence-electron chi connectivity index (χ0n) is 12.0. The first-order valence-electron chi connectivity index (χ1n) is 6.63. The lowest BCUT2D eigenvalue weighted by Gasteiger charge is -2.08. The molecule has 0 saturated heterocycles. The molecule has 21 heavy (non-hydrogen) atoms. The van der Waals surface area contributed by atoms with Gasteiger partial charge < -0.3 is 10.1 Å². The minimum Gasteiger partial charge on any atom is -0.439 e. The summed E-state index contributed by atoms with van der Waals surface area (Å²) in [6, 6.07) is 11.9. The van der Waals surface area contributed by atoms with Crippen molar-refractivity contribution in [3.8, 4) is 11.6 Å². The molecule has 112 valence electrons. The molecule has 0 fully saturated rings. The van der Waals surface area contributed by atoms with Gasteiger partial charge in [-0.15, -0.1) is 0 Å². The van der Waals surface area contributed by atoms with Crippen molar-refractivity contribution >= 4 is 9.84 Å². The number of pyridine rings is 1. The second-order valence-electron chi connectivity index (χ2n) is 4.60. The molecule has 2 rings (SSSR count). The quantitative estimate of drug-likeness (QED) is 0.887. The molecule has 1 N–H and O–H groups in total. The first-order chi connectivity index (χ1) is 9.99. The van der Waals surface area contributed by atoms with E-state index in [1.54, 1.807) is 18.2 Å². The van der Waals surface area contributed by atoms with Crippen molar-refractivity contribution in [1.82, 2.24) is 10.3 Å². The number of sulfone groups is 1. The summed E-state index contributed by atoms with van der Waals surface area (Å²) in [5, 5.41) is 3.19. The third kappa shape index (κ3) is 4.54. The Balaban J connectivity index is 2.18. The molecule has 1 aromatic carbocycles. The second kappa shape index (κ2) is 6.69. The van der Waals surface area contributed by atoms with Gasteiger partial charge in [0.05, 0.1) is 10.6 Å². The van der Waals surface area contributed by atoms with Gasteiger partial charge in [0.15, 0.2) is 9.84 Å². The highest BCUT2D eigenvalue weighted by atomic mass is 32.2. The Hall–Kier alpha value is -1.92. The third-order valence-electron chi connectivity index (χ3n) is 2.79. The number of hydrogen-bond acceptors (Lipinski definition) is 5. The minimum atomic E-state index is -3.25. The van der Waals surface area contributed by atoms with Gasteiger partial charge in [0.2, 0.25) is 5.88 Å². The summed E-state index contributed by atoms with van der Waals surface area (Å²) in [5.41, 5.74) is 0.869. The van der Waals surface area contributed by atoms with E-state index in [2.05, 4.69) is 10.3 Å². The Kier molecular flexibility index (Phi) is 4.93. The SMILES string of the molecule is CCNCc1cccc(Oc2cccc(S(C)(=O)=O)c2)n1. The first kappa shape index (κ1) is 15.5. The average Bonchev–Trinajstić information content (AvgIpc) is 2.45. The second-order valence-corrected chi connectivity index (χ2v) is 6.61. The van der Waals surface area contributed by atoms with Gasteiger partial charge in [-0.2, -0.15) is 0 Å². The molecule has 0 bridgehead atoms. The minimum absolute atomic E-state index is 0.226. The molecule has 0 radical (unpaired) electrons. The zero-order chi connectivity index (χ0) is 15.3. The molecule has 1 aromatic heterocycles. The topological polar surface area (TPSA) is 68.3 Å². The Morgan fingerprint density at radius 3 is 2.67 bits per heavy atom. The van der Waals surface area contributed by atoms with Crippen molar-refractivity contribution in [3.63, 3.8) is 0 Å². The van der Waals surface area contributed by atoms with Crippen LogP contribution in [0.2, 0.25) is 0 Å². The molecule has 0 unspecified atom stereocenters. The van der Waals surface area contributed by atoms with E-state index in [0.717, 1.165) is 12.2 Å². The predicted molar refractivity (Wildman–Crippen MR) is 81.2 cm³/mol. The van der Waals surface area contributed by atoms with Crippen molar-refractivity contribution in [2.24, 2.45) is 0 Å². The standard InChI is InChI=1S/C15H18N2O3S/c1-3-16-11-12-6-4-9-15(17-12)20-13-7-5-8-14(10-13)21(2,18)19/h4-10,16H,3,11H2,1-2H3. The average molecular weight is 306 g/mol. The number of nitrogens with zero attached hydrogens (tertiary/aromatic N) is 1. The van der Waals surface area contributed by atoms with Gasteiger partial charge >= 0.3 is 0 Å². The molecular formula is C15H18N2O3S. The number of rotatable bonds is 6. The van der Waals surface area contributed by atoms with Crippen molar-refractivity contribution in [2.75, 3.05) is 12.8 Å². The van der Waals surface area contributed by atoms with Crippen LogP contribution in [-0.2, 0) is 16.4 Å². The van der Waals surface area contributed by atoms with Gasteiger partial charge in [0.25, 0.3) is 0 Å². The Morgan fingerprint density at radius 1 is 1.19 bits per heavy atom. The van der Waals surface area contributed by atoms with Gasteiger partial charge in [0, 0.05) is 18.9 Å². The molecule has 0 saturated carbocycles. The van der Waals surface area contributed by atoms with Crippen molar-refractivity contribution in [3.05, 3.63) is 48.2 Å². The fourth-order valence-corrected chi connectivity index (χ4v) is 2.41. The lowest BCUT2D eigenvalue weighted by Crippen LogP contribution is -2.12. The van der Waals surface area contributed by atoms with Crippen molar-refractivity contribution < 1.29 is 13.2 Å². The summed E-state index contributed by atoms with van der Waals surface area (Å²) in [6.45, 7) is 3.55. The fourth-order valence-electron chi connectivity index (χ4n) is 1.76. The molecule has 2 aromatic rings. The van der Waals surface area contributed by atoms with Crippen LogP contribution in [0.4, 0.5) is 0 Å². The van der Waals surface area contributed by atoms with Crippen molar-refractivity contribution in [1.29, 1.82) is 0 Å². The van der Waals surface area contributed by atoms with Crippen LogP contribution >= 0.6 is 0 Å². The number of ether oxygens (including phenoxy) is 1. The van der Waals surface area contributed by atoms with Crippen LogP contribution in [0.25, 0.3) is 0 Å². The molecule has 5 nitrogen and oxygen atoms in total. The first-order valence-corrected chi connectivity index (χ1v) is 8.53. The van der Waals surface area contributed by atoms with E-state index >= 15 is 0 Å². The molecule has 0 aliphatic heterocycles. The van der Waals surface area contributed by atoms with E-state index in [1.165, 1.54) is 18.4 Å². The third-order valence-corrected chi connectivity index (χ3v) is 3.90. The summed E-state index contributed by atoms with van der Waals surface area (Å²) in [7, 11) is -3.25. The molecule has 0 amide bonds. The van der Waals surface area contributed by atoms with Crippen LogP contribution in [0.3, 0.4) is 0 Å². The van der Waals surface area contributed by atoms with Gasteiger partial charge in [-0.25, -0.2) is 13.4 Å². The van der Waals surface area contributed by atoms with E-state index in [-0.39, 0.29) is 4.90 Å². The smallest absolute Gasteiger partial charge is 0.219 e. The number of aromatic nitrogens is 1. The zero-order valence-corrected chi connectivity index (χ0v) is 12.9. The number of nitrogens with one attached hydrogen (secondary N) is 1. The highest BCUT2D eigenvalue weighted by Crippen LogP contribution is 2.22. The maximum Gasteiger partial charge on any atom is 0.219 e. The van der Waals surface area contributed by atoms with Gasteiger partial charge in [-0.3, -0.25) is 0 Å². The highest BCUT2D eigenvalue weighted by molar-refractivity contribution is 7.90. The van der Waals surface area contributed by atoms with Crippen LogP contribution in [0.5, 0.6) is 11.6 Å². The molecule has 6 heteroatoms. The van der Waals surface area contributed by atoms with Crippen LogP contribution < -0.4 is 10.1 Å². The molecular weight excluding hydrogens is 288 g/mol. The number of hydrogen-bond donors (Lipinski definition) is 1. The normalized spacial score (nSPS) is 11.3. The van der Waals surface area contributed by atoms with E-state index < -0.39 is 9.84 Å². The number of benzene rings is 1. The fraction of sp³-hybridized carbons (Fsp3) is 0.267. The summed E-state index contributed by atoms with van der Waals surface area (Å²) in [4.78, 5) is 4.59. The van der Waals surface area contributed by atoms with Gasteiger partial charge in [-0.1, -0.05) is 19.1 Å². The Labute approximate surface area is 124 Å². The molecule has 1 heterocycles. The molecule has 0 atom stereocenters. The maximum absolute atomic E-state index is 11.5. The van der Waals surface area contributed by atoms with E-state index in [1.807, 2.05) is 19.1 Å². The molecule has 0 aliphatic carbocycles. The van der Waals surface area contributed by atoms with Crippen molar-refractivity contribution in [2.45, 2.75) is 18.4 Å². The summed E-state index contributed by atoms with van der Waals surface area (Å²) >= 11 is 0. The molecule has 0 spiro atoms. The van der Waals surface area contributed by atoms with Crippen LogP contribution in [0.15, 0.2) is 47.4 Å². The largest absolute Gasteiger partial charge is 0.439 e. The Morgan fingerprint density at radius 2 is 1.95 bits per heavy atom. The lowest BCUT2D eigenvalue weighted by molar-refractivity contribution is 0.458. The predicted octanol–water partition coefficient (Wildman–Crippen LogP) is 2.39. The monoisotopic (exact) mass is 306 g/mol. The van der Waals surface area contributed by atoms with Crippen LogP contribution in [0, 0.1) is 0 Å². The Bertz CT molecular complexity index is 714.